The van der Waals surface area contributed by atoms with E-state index in [1.807, 2.05) is 23.6 Å². The first-order valence-corrected chi connectivity index (χ1v) is 8.95. The fourth-order valence-electron chi connectivity index (χ4n) is 2.82. The van der Waals surface area contributed by atoms with Gasteiger partial charge >= 0.3 is 0 Å². The van der Waals surface area contributed by atoms with Crippen molar-refractivity contribution >= 4 is 33.8 Å². The monoisotopic (exact) mass is 361 g/mol. The topological polar surface area (TPSA) is 74.8 Å². The minimum absolute atomic E-state index is 0.151. The molecule has 0 atom stereocenters. The van der Waals surface area contributed by atoms with E-state index in [0.29, 0.717) is 16.6 Å². The number of para-hydroxylation sites is 1. The Hall–Kier alpha value is -3.25. The summed E-state index contributed by atoms with van der Waals surface area (Å²) in [6.45, 7) is 2.05. The third kappa shape index (κ3) is 2.91. The number of nitrogens with zero attached hydrogens (tertiary/aromatic N) is 1. The van der Waals surface area contributed by atoms with Crippen LogP contribution in [0.5, 0.6) is 0 Å². The van der Waals surface area contributed by atoms with E-state index in [1.165, 1.54) is 5.56 Å². The van der Waals surface area contributed by atoms with Crippen LogP contribution in [0.25, 0.3) is 21.3 Å². The number of benzene rings is 2. The second-order valence-corrected chi connectivity index (χ2v) is 6.83. The molecule has 4 rings (SSSR count). The van der Waals surface area contributed by atoms with Gasteiger partial charge in [0.2, 0.25) is 5.43 Å². The molecular weight excluding hydrogens is 346 g/mol. The van der Waals surface area contributed by atoms with Crippen LogP contribution >= 0.6 is 11.3 Å². The number of anilines is 1. The fourth-order valence-corrected chi connectivity index (χ4v) is 3.75. The molecule has 2 aromatic heterocycles. The van der Waals surface area contributed by atoms with Gasteiger partial charge in [-0.2, -0.15) is 5.10 Å². The van der Waals surface area contributed by atoms with Crippen molar-refractivity contribution in [3.8, 4) is 10.4 Å². The number of carbonyl (C=O) groups excluding carboxylic acids is 1. The summed E-state index contributed by atoms with van der Waals surface area (Å²) in [5.41, 5.74) is 2.89. The van der Waals surface area contributed by atoms with Crippen molar-refractivity contribution in [1.29, 1.82) is 0 Å². The summed E-state index contributed by atoms with van der Waals surface area (Å²) in [5, 5.41) is 11.9. The number of carbonyl (C=O) groups is 1. The summed E-state index contributed by atoms with van der Waals surface area (Å²) < 4.78 is 0. The molecule has 2 aromatic carbocycles. The predicted octanol–water partition coefficient (Wildman–Crippen LogP) is 4.21. The van der Waals surface area contributed by atoms with Crippen molar-refractivity contribution in [3.63, 3.8) is 0 Å². The van der Waals surface area contributed by atoms with E-state index < -0.39 is 5.91 Å². The van der Waals surface area contributed by atoms with E-state index >= 15 is 0 Å². The van der Waals surface area contributed by atoms with Crippen molar-refractivity contribution in [3.05, 3.63) is 81.5 Å². The highest BCUT2D eigenvalue weighted by atomic mass is 32.1. The molecule has 5 nitrogen and oxygen atoms in total. The maximum absolute atomic E-state index is 12.6. The van der Waals surface area contributed by atoms with Gasteiger partial charge in [-0.25, -0.2) is 0 Å². The van der Waals surface area contributed by atoms with Gasteiger partial charge in [0.05, 0.1) is 5.52 Å². The number of aromatic nitrogens is 2. The van der Waals surface area contributed by atoms with Gasteiger partial charge in [0.25, 0.3) is 5.91 Å². The summed E-state index contributed by atoms with van der Waals surface area (Å²) in [6, 6.07) is 16.6. The zero-order valence-corrected chi connectivity index (χ0v) is 14.8. The van der Waals surface area contributed by atoms with E-state index in [-0.39, 0.29) is 11.1 Å². The van der Waals surface area contributed by atoms with Gasteiger partial charge in [-0.1, -0.05) is 24.3 Å². The van der Waals surface area contributed by atoms with Gasteiger partial charge in [0, 0.05) is 16.0 Å². The molecular formula is C20H15N3O2S. The van der Waals surface area contributed by atoms with Gasteiger partial charge in [-0.15, -0.1) is 11.3 Å². The molecule has 6 heteroatoms. The Morgan fingerprint density at radius 1 is 1.12 bits per heavy atom. The third-order valence-corrected chi connectivity index (χ3v) is 5.20. The Morgan fingerprint density at radius 3 is 2.77 bits per heavy atom. The van der Waals surface area contributed by atoms with E-state index in [2.05, 4.69) is 28.5 Å². The number of amides is 1. The zero-order valence-electron chi connectivity index (χ0n) is 13.9. The second kappa shape index (κ2) is 6.57. The lowest BCUT2D eigenvalue weighted by atomic mass is 10.1. The first-order chi connectivity index (χ1) is 12.6. The normalized spacial score (nSPS) is 10.8. The number of rotatable bonds is 3. The fraction of sp³-hybridized carbons (Fsp3) is 0.0500. The van der Waals surface area contributed by atoms with Gasteiger partial charge < -0.3 is 5.32 Å². The average Bonchev–Trinajstić information content (AvgIpc) is 3.08. The molecule has 2 heterocycles. The highest BCUT2D eigenvalue weighted by Gasteiger charge is 2.15. The van der Waals surface area contributed by atoms with Crippen LogP contribution in [-0.2, 0) is 0 Å². The van der Waals surface area contributed by atoms with Crippen molar-refractivity contribution in [2.24, 2.45) is 0 Å². The van der Waals surface area contributed by atoms with Crippen molar-refractivity contribution in [2.45, 2.75) is 6.92 Å². The second-order valence-electron chi connectivity index (χ2n) is 5.91. The summed E-state index contributed by atoms with van der Waals surface area (Å²) in [5.74, 6) is -0.531. The zero-order chi connectivity index (χ0) is 18.1. The van der Waals surface area contributed by atoms with Crippen LogP contribution in [0.2, 0.25) is 0 Å². The molecule has 0 spiro atoms. The molecule has 0 bridgehead atoms. The summed E-state index contributed by atoms with van der Waals surface area (Å²) in [4.78, 5) is 26.2. The number of hydrogen-bond acceptors (Lipinski definition) is 4. The third-order valence-electron chi connectivity index (χ3n) is 4.13. The lowest BCUT2D eigenvalue weighted by Gasteiger charge is -2.07. The molecule has 0 unspecified atom stereocenters. The van der Waals surface area contributed by atoms with Crippen LogP contribution in [0.4, 0.5) is 5.69 Å². The Labute approximate surface area is 153 Å². The van der Waals surface area contributed by atoms with Crippen LogP contribution in [-0.4, -0.2) is 16.1 Å². The first kappa shape index (κ1) is 16.2. The van der Waals surface area contributed by atoms with Gasteiger partial charge in [-0.3, -0.25) is 14.7 Å². The molecule has 0 saturated heterocycles. The minimum atomic E-state index is -0.531. The molecule has 0 aliphatic rings. The maximum Gasteiger partial charge on any atom is 0.280 e. The number of thiophene rings is 1. The Kier molecular flexibility index (Phi) is 4.10. The van der Waals surface area contributed by atoms with E-state index in [9.17, 15) is 9.59 Å². The lowest BCUT2D eigenvalue weighted by Crippen LogP contribution is -2.24. The molecule has 0 saturated carbocycles. The van der Waals surface area contributed by atoms with Crippen molar-refractivity contribution in [1.82, 2.24) is 10.2 Å². The average molecular weight is 361 g/mol. The molecule has 128 valence electrons. The number of nitrogens with one attached hydrogen (secondary N) is 2. The first-order valence-electron chi connectivity index (χ1n) is 8.07. The SMILES string of the molecule is Cc1ccsc1-c1cccc(NC(=O)c2n[nH]c3ccccc3c2=O)c1. The quantitative estimate of drug-likeness (QED) is 0.574. The number of hydrogen-bond donors (Lipinski definition) is 2. The summed E-state index contributed by atoms with van der Waals surface area (Å²) in [6.07, 6.45) is 0. The number of aromatic amines is 1. The molecule has 0 aliphatic heterocycles. The van der Waals surface area contributed by atoms with E-state index in [1.54, 1.807) is 41.7 Å². The van der Waals surface area contributed by atoms with Gasteiger partial charge in [0.15, 0.2) is 5.69 Å². The number of H-pyrrole nitrogens is 1. The van der Waals surface area contributed by atoms with Crippen LogP contribution in [0.1, 0.15) is 16.1 Å². The van der Waals surface area contributed by atoms with Crippen molar-refractivity contribution in [2.75, 3.05) is 5.32 Å². The van der Waals surface area contributed by atoms with Crippen LogP contribution in [0, 0.1) is 6.92 Å². The molecule has 26 heavy (non-hydrogen) atoms. The highest BCUT2D eigenvalue weighted by molar-refractivity contribution is 7.13. The highest BCUT2D eigenvalue weighted by Crippen LogP contribution is 2.30. The lowest BCUT2D eigenvalue weighted by molar-refractivity contribution is 0.102. The molecule has 4 aromatic rings. The Morgan fingerprint density at radius 2 is 1.96 bits per heavy atom. The predicted molar refractivity (Wildman–Crippen MR) is 105 cm³/mol. The Balaban J connectivity index is 1.66. The van der Waals surface area contributed by atoms with E-state index in [0.717, 1.165) is 10.4 Å². The molecule has 0 aliphatic carbocycles. The van der Waals surface area contributed by atoms with Gasteiger partial charge in [0.1, 0.15) is 0 Å². The summed E-state index contributed by atoms with van der Waals surface area (Å²) >= 11 is 1.65. The summed E-state index contributed by atoms with van der Waals surface area (Å²) in [7, 11) is 0. The van der Waals surface area contributed by atoms with Crippen LogP contribution < -0.4 is 10.7 Å². The Bertz CT molecular complexity index is 1180. The molecule has 0 fully saturated rings. The standard InChI is InChI=1S/C20H15N3O2S/c1-12-9-10-26-19(12)13-5-4-6-14(11-13)21-20(25)17-18(24)15-7-2-3-8-16(15)22-23-17/h2-11H,1H3,(H,21,25)(H,22,24). The number of fused-ring (bicyclic) bond motifs is 1. The van der Waals surface area contributed by atoms with Crippen molar-refractivity contribution < 1.29 is 4.79 Å². The maximum atomic E-state index is 12.6. The van der Waals surface area contributed by atoms with Crippen LogP contribution in [0.3, 0.4) is 0 Å². The molecule has 1 amide bonds. The largest absolute Gasteiger partial charge is 0.320 e. The molecule has 0 radical (unpaired) electrons. The van der Waals surface area contributed by atoms with Gasteiger partial charge in [-0.05, 0) is 53.8 Å². The smallest absolute Gasteiger partial charge is 0.280 e. The van der Waals surface area contributed by atoms with E-state index in [4.69, 9.17) is 0 Å². The number of aryl methyl sites for hydroxylation is 1. The minimum Gasteiger partial charge on any atom is -0.320 e. The molecule has 2 N–H and O–H groups in total. The van der Waals surface area contributed by atoms with Crippen LogP contribution in [0.15, 0.2) is 64.8 Å².